The lowest BCUT2D eigenvalue weighted by molar-refractivity contribution is -0.122. The summed E-state index contributed by atoms with van der Waals surface area (Å²) in [5.74, 6) is 0.307. The van der Waals surface area contributed by atoms with Gasteiger partial charge in [0.1, 0.15) is 6.04 Å². The highest BCUT2D eigenvalue weighted by Crippen LogP contribution is 2.29. The van der Waals surface area contributed by atoms with E-state index in [0.29, 0.717) is 18.7 Å². The summed E-state index contributed by atoms with van der Waals surface area (Å²) < 4.78 is 39.2. The van der Waals surface area contributed by atoms with Gasteiger partial charge < -0.3 is 14.8 Å². The molecule has 0 aromatic heterocycles. The molecule has 0 radical (unpaired) electrons. The Kier molecular flexibility index (Phi) is 8.46. The lowest BCUT2D eigenvalue weighted by Gasteiger charge is -2.19. The summed E-state index contributed by atoms with van der Waals surface area (Å²) in [4.78, 5) is 13.0. The molecule has 0 heterocycles. The molecule has 0 unspecified atom stereocenters. The summed E-state index contributed by atoms with van der Waals surface area (Å²) in [6, 6.07) is 22.4. The fourth-order valence-corrected chi connectivity index (χ4v) is 4.59. The lowest BCUT2D eigenvalue weighted by Crippen LogP contribution is -2.48. The maximum atomic E-state index is 13.1. The van der Waals surface area contributed by atoms with E-state index in [2.05, 4.69) is 10.0 Å². The van der Waals surface area contributed by atoms with Crippen molar-refractivity contribution < 1.29 is 22.7 Å². The number of amides is 1. The predicted molar refractivity (Wildman–Crippen MR) is 127 cm³/mol. The second-order valence-corrected chi connectivity index (χ2v) is 9.12. The topological polar surface area (TPSA) is 93.7 Å². The molecule has 0 saturated carbocycles. The minimum atomic E-state index is -4.01. The molecule has 7 nitrogen and oxygen atoms in total. The third-order valence-electron chi connectivity index (χ3n) is 5.12. The molecule has 1 amide bonds. The number of methoxy groups -OCH3 is 2. The Morgan fingerprint density at radius 2 is 1.45 bits per heavy atom. The summed E-state index contributed by atoms with van der Waals surface area (Å²) in [7, 11) is -1.10. The first-order chi connectivity index (χ1) is 15.9. The van der Waals surface area contributed by atoms with Crippen molar-refractivity contribution in [3.8, 4) is 11.5 Å². The summed E-state index contributed by atoms with van der Waals surface area (Å²) in [5, 5.41) is 2.86. The zero-order valence-corrected chi connectivity index (χ0v) is 19.5. The molecule has 33 heavy (non-hydrogen) atoms. The molecular formula is C25H28N2O5S. The molecule has 3 rings (SSSR count). The first-order valence-corrected chi connectivity index (χ1v) is 12.0. The van der Waals surface area contributed by atoms with Gasteiger partial charge in [0.25, 0.3) is 0 Å². The van der Waals surface area contributed by atoms with Gasteiger partial charge in [-0.05, 0) is 36.1 Å². The highest BCUT2D eigenvalue weighted by Gasteiger charge is 2.27. The molecule has 3 aromatic rings. The molecule has 2 N–H and O–H groups in total. The maximum absolute atomic E-state index is 13.1. The van der Waals surface area contributed by atoms with Gasteiger partial charge in [-0.2, -0.15) is 4.72 Å². The van der Waals surface area contributed by atoms with Crippen molar-refractivity contribution in [3.63, 3.8) is 0 Å². The smallest absolute Gasteiger partial charge is 0.241 e. The molecule has 0 saturated heterocycles. The van der Waals surface area contributed by atoms with E-state index >= 15 is 0 Å². The Morgan fingerprint density at radius 1 is 0.848 bits per heavy atom. The molecular weight excluding hydrogens is 440 g/mol. The minimum absolute atomic E-state index is 0.0182. The highest BCUT2D eigenvalue weighted by molar-refractivity contribution is 7.89. The van der Waals surface area contributed by atoms with Crippen molar-refractivity contribution in [2.75, 3.05) is 20.8 Å². The number of carbonyl (C=O) groups is 1. The standard InChI is InChI=1S/C25H28N2O5S/c1-31-23-14-13-21(18-24(23)32-2)33(29,30)27-22(17-20-11-7-4-8-12-20)25(28)26-16-15-19-9-5-3-6-10-19/h3-14,18,22,27H,15-17H2,1-2H3,(H,26,28)/t22-/m1/s1. The van der Waals surface area contributed by atoms with Crippen molar-refractivity contribution in [3.05, 3.63) is 90.0 Å². The van der Waals surface area contributed by atoms with Crippen molar-refractivity contribution in [1.82, 2.24) is 10.0 Å². The van der Waals surface area contributed by atoms with Crippen molar-refractivity contribution in [2.24, 2.45) is 0 Å². The van der Waals surface area contributed by atoms with Gasteiger partial charge in [0.15, 0.2) is 11.5 Å². The summed E-state index contributed by atoms with van der Waals surface area (Å²) in [5.41, 5.74) is 1.93. The van der Waals surface area contributed by atoms with Crippen molar-refractivity contribution >= 4 is 15.9 Å². The second kappa shape index (κ2) is 11.5. The monoisotopic (exact) mass is 468 g/mol. The molecule has 0 fully saturated rings. The molecule has 8 heteroatoms. The summed E-state index contributed by atoms with van der Waals surface area (Å²) in [6.45, 7) is 0.395. The van der Waals surface area contributed by atoms with Crippen LogP contribution in [-0.2, 0) is 27.7 Å². The van der Waals surface area contributed by atoms with Crippen LogP contribution in [-0.4, -0.2) is 41.1 Å². The number of hydrogen-bond donors (Lipinski definition) is 2. The third-order valence-corrected chi connectivity index (χ3v) is 6.59. The normalized spacial score (nSPS) is 12.1. The van der Waals surface area contributed by atoms with Gasteiger partial charge >= 0.3 is 0 Å². The SMILES string of the molecule is COc1ccc(S(=O)(=O)N[C@H](Cc2ccccc2)C(=O)NCCc2ccccc2)cc1OC. The van der Waals surface area contributed by atoms with E-state index in [-0.39, 0.29) is 23.0 Å². The van der Waals surface area contributed by atoms with Crippen LogP contribution in [0.15, 0.2) is 83.8 Å². The van der Waals surface area contributed by atoms with Crippen LogP contribution in [0.5, 0.6) is 11.5 Å². The number of benzene rings is 3. The van der Waals surface area contributed by atoms with E-state index in [4.69, 9.17) is 9.47 Å². The minimum Gasteiger partial charge on any atom is -0.493 e. The van der Waals surface area contributed by atoms with Crippen molar-refractivity contribution in [2.45, 2.75) is 23.8 Å². The molecule has 0 aliphatic rings. The first-order valence-electron chi connectivity index (χ1n) is 10.5. The average Bonchev–Trinajstić information content (AvgIpc) is 2.84. The number of sulfonamides is 1. The molecule has 0 aliphatic heterocycles. The largest absolute Gasteiger partial charge is 0.493 e. The molecule has 0 bridgehead atoms. The third kappa shape index (κ3) is 6.81. The van der Waals surface area contributed by atoms with Gasteiger partial charge in [0.2, 0.25) is 15.9 Å². The number of nitrogens with one attached hydrogen (secondary N) is 2. The second-order valence-electron chi connectivity index (χ2n) is 7.41. The van der Waals surface area contributed by atoms with Gasteiger partial charge in [-0.3, -0.25) is 4.79 Å². The van der Waals surface area contributed by atoms with Gasteiger partial charge in [0, 0.05) is 12.6 Å². The maximum Gasteiger partial charge on any atom is 0.241 e. The van der Waals surface area contributed by atoms with Crippen LogP contribution in [0.2, 0.25) is 0 Å². The Balaban J connectivity index is 1.77. The summed E-state index contributed by atoms with van der Waals surface area (Å²) in [6.07, 6.45) is 0.859. The van der Waals surface area contributed by atoms with Gasteiger partial charge in [0.05, 0.1) is 19.1 Å². The number of ether oxygens (including phenoxy) is 2. The zero-order valence-electron chi connectivity index (χ0n) is 18.7. The van der Waals surface area contributed by atoms with Crippen LogP contribution in [0, 0.1) is 0 Å². The lowest BCUT2D eigenvalue weighted by atomic mass is 10.1. The van der Waals surface area contributed by atoms with Gasteiger partial charge in [-0.1, -0.05) is 60.7 Å². The Labute approximate surface area is 194 Å². The summed E-state index contributed by atoms with van der Waals surface area (Å²) >= 11 is 0. The predicted octanol–water partition coefficient (Wildman–Crippen LogP) is 2.95. The number of carbonyl (C=O) groups excluding carboxylic acids is 1. The van der Waals surface area contributed by atoms with Gasteiger partial charge in [-0.25, -0.2) is 8.42 Å². The van der Waals surface area contributed by atoms with Crippen LogP contribution in [0.3, 0.4) is 0 Å². The fourth-order valence-electron chi connectivity index (χ4n) is 3.37. The van der Waals surface area contributed by atoms with E-state index < -0.39 is 16.1 Å². The van der Waals surface area contributed by atoms with Crippen molar-refractivity contribution in [1.29, 1.82) is 0 Å². The van der Waals surface area contributed by atoms with Crippen LogP contribution < -0.4 is 19.5 Å². The Morgan fingerprint density at radius 3 is 2.06 bits per heavy atom. The molecule has 0 aliphatic carbocycles. The van der Waals surface area contributed by atoms with Crippen LogP contribution in [0.25, 0.3) is 0 Å². The van der Waals surface area contributed by atoms with E-state index in [1.807, 2.05) is 60.7 Å². The Hall–Kier alpha value is -3.36. The van der Waals surface area contributed by atoms with E-state index in [1.54, 1.807) is 0 Å². The first kappa shape index (κ1) is 24.3. The highest BCUT2D eigenvalue weighted by atomic mass is 32.2. The Bertz CT molecular complexity index is 1150. The zero-order chi connectivity index (χ0) is 23.7. The van der Waals surface area contributed by atoms with Crippen LogP contribution >= 0.6 is 0 Å². The van der Waals surface area contributed by atoms with Crippen LogP contribution in [0.4, 0.5) is 0 Å². The van der Waals surface area contributed by atoms with Gasteiger partial charge in [-0.15, -0.1) is 0 Å². The number of rotatable bonds is 11. The molecule has 0 spiro atoms. The molecule has 3 aromatic carbocycles. The van der Waals surface area contributed by atoms with E-state index in [0.717, 1.165) is 11.1 Å². The molecule has 174 valence electrons. The van der Waals surface area contributed by atoms with E-state index in [9.17, 15) is 13.2 Å². The molecule has 1 atom stereocenters. The fraction of sp³-hybridized carbons (Fsp3) is 0.240. The number of hydrogen-bond acceptors (Lipinski definition) is 5. The van der Waals surface area contributed by atoms with E-state index in [1.165, 1.54) is 32.4 Å². The van der Waals surface area contributed by atoms with Crippen LogP contribution in [0.1, 0.15) is 11.1 Å². The average molecular weight is 469 g/mol. The quantitative estimate of drug-likeness (QED) is 0.451.